The van der Waals surface area contributed by atoms with Gasteiger partial charge in [-0.1, -0.05) is 12.2 Å². The van der Waals surface area contributed by atoms with Gasteiger partial charge in [0.05, 0.1) is 5.92 Å². The Hall–Kier alpha value is -2.48. The zero-order valence-corrected chi connectivity index (χ0v) is 12.5. The number of hydrogen-bond acceptors (Lipinski definition) is 3. The van der Waals surface area contributed by atoms with Gasteiger partial charge >= 0.3 is 5.97 Å². The van der Waals surface area contributed by atoms with E-state index in [0.29, 0.717) is 18.6 Å². The van der Waals surface area contributed by atoms with Crippen LogP contribution < -0.4 is 4.74 Å². The molecule has 5 heteroatoms. The fourth-order valence-electron chi connectivity index (χ4n) is 2.58. The number of nitrogens with zero attached hydrogens (tertiary/aromatic N) is 1. The van der Waals surface area contributed by atoms with Crippen molar-refractivity contribution in [1.82, 2.24) is 0 Å². The van der Waals surface area contributed by atoms with Gasteiger partial charge in [-0.3, -0.25) is 4.79 Å². The molecule has 1 aromatic rings. The molecule has 23 heavy (non-hydrogen) atoms. The van der Waals surface area contributed by atoms with Crippen LogP contribution in [0, 0.1) is 29.0 Å². The zero-order chi connectivity index (χ0) is 16.7. The number of carbonyl (C=O) groups is 1. The third-order valence-corrected chi connectivity index (χ3v) is 3.87. The Morgan fingerprint density at radius 3 is 2.48 bits per heavy atom. The topological polar surface area (TPSA) is 50.1 Å². The highest BCUT2D eigenvalue weighted by atomic mass is 19.1. The van der Waals surface area contributed by atoms with Crippen molar-refractivity contribution in [3.63, 3.8) is 0 Å². The molecular weight excluding hydrogens is 300 g/mol. The first-order valence-electron chi connectivity index (χ1n) is 7.50. The van der Waals surface area contributed by atoms with E-state index < -0.39 is 5.83 Å². The van der Waals surface area contributed by atoms with Crippen LogP contribution in [0.2, 0.25) is 0 Å². The lowest BCUT2D eigenvalue weighted by Crippen LogP contribution is -2.25. The molecule has 0 spiro atoms. The fraction of sp³-hybridized carbons (Fsp3) is 0.333. The van der Waals surface area contributed by atoms with E-state index in [4.69, 9.17) is 10.00 Å². The molecule has 1 saturated carbocycles. The molecule has 2 rings (SSSR count). The van der Waals surface area contributed by atoms with Gasteiger partial charge < -0.3 is 4.74 Å². The van der Waals surface area contributed by atoms with Crippen LogP contribution in [0.4, 0.5) is 8.78 Å². The van der Waals surface area contributed by atoms with Gasteiger partial charge in [0.2, 0.25) is 0 Å². The summed E-state index contributed by atoms with van der Waals surface area (Å²) in [5.41, 5.74) is 0. The average molecular weight is 317 g/mol. The van der Waals surface area contributed by atoms with Gasteiger partial charge in [-0.2, -0.15) is 9.65 Å². The summed E-state index contributed by atoms with van der Waals surface area (Å²) in [6.07, 6.45) is 7.54. The largest absolute Gasteiger partial charge is 0.426 e. The Balaban J connectivity index is 1.81. The summed E-state index contributed by atoms with van der Waals surface area (Å²) in [7, 11) is 0. The van der Waals surface area contributed by atoms with Crippen LogP contribution in [0.1, 0.15) is 25.7 Å². The van der Waals surface area contributed by atoms with Crippen LogP contribution in [0.25, 0.3) is 0 Å². The zero-order valence-electron chi connectivity index (χ0n) is 12.5. The van der Waals surface area contributed by atoms with Crippen molar-refractivity contribution in [3.8, 4) is 11.8 Å². The predicted molar refractivity (Wildman–Crippen MR) is 81.4 cm³/mol. The van der Waals surface area contributed by atoms with Gasteiger partial charge in [-0.05, 0) is 61.9 Å². The van der Waals surface area contributed by atoms with E-state index in [2.05, 4.69) is 0 Å². The Morgan fingerprint density at radius 1 is 1.22 bits per heavy atom. The van der Waals surface area contributed by atoms with Crippen molar-refractivity contribution in [2.24, 2.45) is 11.8 Å². The summed E-state index contributed by atoms with van der Waals surface area (Å²) >= 11 is 0. The fourth-order valence-corrected chi connectivity index (χ4v) is 2.58. The van der Waals surface area contributed by atoms with Gasteiger partial charge in [0, 0.05) is 0 Å². The van der Waals surface area contributed by atoms with Gasteiger partial charge in [0.1, 0.15) is 17.6 Å². The summed E-state index contributed by atoms with van der Waals surface area (Å²) < 4.78 is 30.7. The van der Waals surface area contributed by atoms with Gasteiger partial charge in [0.25, 0.3) is 0 Å². The van der Waals surface area contributed by atoms with Crippen molar-refractivity contribution in [2.75, 3.05) is 0 Å². The minimum Gasteiger partial charge on any atom is -0.426 e. The molecule has 0 unspecified atom stereocenters. The molecule has 0 amide bonds. The SMILES string of the molecule is N#CC(F)=CC=CC1CCC(C(=O)Oc2ccc(F)cc2)CC1. The number of nitriles is 1. The number of esters is 1. The summed E-state index contributed by atoms with van der Waals surface area (Å²) in [4.78, 5) is 12.1. The Labute approximate surface area is 133 Å². The van der Waals surface area contributed by atoms with Crippen LogP contribution >= 0.6 is 0 Å². The maximum atomic E-state index is 12.8. The smallest absolute Gasteiger partial charge is 0.314 e. The second-order valence-electron chi connectivity index (χ2n) is 5.50. The normalized spacial score (nSPS) is 21.9. The van der Waals surface area contributed by atoms with Crippen LogP contribution in [-0.2, 0) is 4.79 Å². The van der Waals surface area contributed by atoms with Gasteiger partial charge in [0.15, 0.2) is 5.83 Å². The lowest BCUT2D eigenvalue weighted by Gasteiger charge is -2.25. The lowest BCUT2D eigenvalue weighted by molar-refractivity contribution is -0.140. The number of hydrogen-bond donors (Lipinski definition) is 0. The maximum absolute atomic E-state index is 12.8. The second-order valence-corrected chi connectivity index (χ2v) is 5.50. The highest BCUT2D eigenvalue weighted by Gasteiger charge is 2.26. The highest BCUT2D eigenvalue weighted by Crippen LogP contribution is 2.31. The third-order valence-electron chi connectivity index (χ3n) is 3.87. The first-order valence-corrected chi connectivity index (χ1v) is 7.50. The molecule has 1 aliphatic carbocycles. The molecule has 0 saturated heterocycles. The van der Waals surface area contributed by atoms with E-state index in [-0.39, 0.29) is 23.6 Å². The van der Waals surface area contributed by atoms with E-state index in [1.807, 2.05) is 6.08 Å². The second kappa shape index (κ2) is 8.23. The van der Waals surface area contributed by atoms with Crippen molar-refractivity contribution >= 4 is 5.97 Å². The number of halogens is 2. The first-order chi connectivity index (χ1) is 11.1. The van der Waals surface area contributed by atoms with E-state index in [0.717, 1.165) is 18.9 Å². The van der Waals surface area contributed by atoms with E-state index >= 15 is 0 Å². The molecule has 0 aliphatic heterocycles. The van der Waals surface area contributed by atoms with Crippen LogP contribution in [0.5, 0.6) is 5.75 Å². The van der Waals surface area contributed by atoms with Crippen LogP contribution in [0.3, 0.4) is 0 Å². The number of allylic oxidation sites excluding steroid dienone is 4. The molecule has 3 nitrogen and oxygen atoms in total. The molecule has 1 aliphatic rings. The first kappa shape index (κ1) is 16.9. The van der Waals surface area contributed by atoms with Crippen LogP contribution in [0.15, 0.2) is 48.3 Å². The summed E-state index contributed by atoms with van der Waals surface area (Å²) in [6.45, 7) is 0. The average Bonchev–Trinajstić information content (AvgIpc) is 2.57. The molecule has 120 valence electrons. The summed E-state index contributed by atoms with van der Waals surface area (Å²) in [5, 5.41) is 8.30. The number of benzene rings is 1. The molecule has 0 aromatic heterocycles. The Bertz CT molecular complexity index is 636. The number of rotatable bonds is 4. The maximum Gasteiger partial charge on any atom is 0.314 e. The van der Waals surface area contributed by atoms with Gasteiger partial charge in [-0.15, -0.1) is 0 Å². The van der Waals surface area contributed by atoms with Crippen molar-refractivity contribution in [3.05, 3.63) is 54.1 Å². The molecule has 0 N–H and O–H groups in total. The predicted octanol–water partition coefficient (Wildman–Crippen LogP) is 4.47. The summed E-state index contributed by atoms with van der Waals surface area (Å²) in [5.74, 6) is -1.05. The van der Waals surface area contributed by atoms with Crippen molar-refractivity contribution < 1.29 is 18.3 Å². The standard InChI is InChI=1S/C18H17F2NO2/c19-15-8-10-17(11-9-15)23-18(22)14-6-4-13(5-7-14)2-1-3-16(20)12-21/h1-3,8-11,13-14H,4-7H2. The molecule has 0 radical (unpaired) electrons. The number of carbonyl (C=O) groups excluding carboxylic acids is 1. The van der Waals surface area contributed by atoms with E-state index in [1.165, 1.54) is 30.3 Å². The van der Waals surface area contributed by atoms with Crippen molar-refractivity contribution in [2.45, 2.75) is 25.7 Å². The molecule has 0 heterocycles. The quantitative estimate of drug-likeness (QED) is 0.356. The number of ether oxygens (including phenoxy) is 1. The van der Waals surface area contributed by atoms with Crippen LogP contribution in [-0.4, -0.2) is 5.97 Å². The Kier molecular flexibility index (Phi) is 6.04. The molecule has 1 aromatic carbocycles. The highest BCUT2D eigenvalue weighted by molar-refractivity contribution is 5.75. The van der Waals surface area contributed by atoms with E-state index in [1.54, 1.807) is 6.08 Å². The third kappa shape index (κ3) is 5.33. The molecule has 0 atom stereocenters. The van der Waals surface area contributed by atoms with Crippen molar-refractivity contribution in [1.29, 1.82) is 5.26 Å². The Morgan fingerprint density at radius 2 is 1.87 bits per heavy atom. The minimum absolute atomic E-state index is 0.170. The molecular formula is C18H17F2NO2. The summed E-state index contributed by atoms with van der Waals surface area (Å²) in [6, 6.07) is 6.76. The van der Waals surface area contributed by atoms with E-state index in [9.17, 15) is 13.6 Å². The molecule has 1 fully saturated rings. The minimum atomic E-state index is -0.821. The monoisotopic (exact) mass is 317 g/mol. The lowest BCUT2D eigenvalue weighted by atomic mass is 9.82. The molecule has 0 bridgehead atoms. The van der Waals surface area contributed by atoms with Gasteiger partial charge in [-0.25, -0.2) is 4.39 Å².